The number of ether oxygens (including phenoxy) is 2. The highest BCUT2D eigenvalue weighted by Crippen LogP contribution is 2.55. The Kier molecular flexibility index (Phi) is 4.16. The van der Waals surface area contributed by atoms with Crippen LogP contribution in [0.5, 0.6) is 0 Å². The number of nitrogens with zero attached hydrogens (tertiary/aromatic N) is 3. The number of para-hydroxylation sites is 2. The van der Waals surface area contributed by atoms with Crippen LogP contribution in [0.3, 0.4) is 0 Å². The van der Waals surface area contributed by atoms with Crippen LogP contribution < -0.4 is 5.32 Å². The number of likely N-dealkylation sites (N-methyl/N-ethyl adjacent to an activating group) is 1. The Morgan fingerprint density at radius 3 is 2.48 bits per heavy atom. The van der Waals surface area contributed by atoms with Gasteiger partial charge in [-0.25, -0.2) is 0 Å². The minimum Gasteiger partial charge on any atom is -0.374 e. The number of nitrogens with one attached hydrogen (secondary N) is 1. The molecule has 2 aromatic heterocycles. The second-order valence-corrected chi connectivity index (χ2v) is 11.9. The van der Waals surface area contributed by atoms with E-state index in [1.54, 1.807) is 7.05 Å². The molecule has 2 bridgehead atoms. The van der Waals surface area contributed by atoms with Gasteiger partial charge in [0.15, 0.2) is 12.0 Å². The van der Waals surface area contributed by atoms with Crippen molar-refractivity contribution >= 4 is 55.4 Å². The van der Waals surface area contributed by atoms with Gasteiger partial charge >= 0.3 is 0 Å². The summed E-state index contributed by atoms with van der Waals surface area (Å²) in [5.41, 5.74) is 2.23. The summed E-state index contributed by atoms with van der Waals surface area (Å²) in [5, 5.41) is 17.1. The summed E-state index contributed by atoms with van der Waals surface area (Å²) in [6.45, 7) is 1.89. The zero-order chi connectivity index (χ0) is 34.4. The van der Waals surface area contributed by atoms with Crippen molar-refractivity contribution in [3.8, 4) is 0 Å². The number of aromatic nitrogens is 2. The number of hydrogen-bond donors (Lipinski definition) is 2. The van der Waals surface area contributed by atoms with E-state index in [1.807, 2.05) is 60.0 Å². The minimum atomic E-state index is -1.29. The monoisotopic (exact) mass is 591 g/mol. The first-order chi connectivity index (χ1) is 23.4. The first kappa shape index (κ1) is 21.1. The third-order valence-corrected chi connectivity index (χ3v) is 9.78. The molecule has 1 fully saturated rings. The van der Waals surface area contributed by atoms with E-state index in [0.717, 1.165) is 32.8 Å². The second-order valence-electron chi connectivity index (χ2n) is 11.9. The molecule has 0 radical (unpaired) electrons. The third-order valence-electron chi connectivity index (χ3n) is 9.78. The van der Waals surface area contributed by atoms with Gasteiger partial charge in [-0.15, -0.1) is 0 Å². The van der Waals surface area contributed by atoms with Crippen LogP contribution in [0.1, 0.15) is 58.9 Å². The van der Waals surface area contributed by atoms with E-state index in [-0.39, 0.29) is 12.3 Å². The first-order valence-corrected chi connectivity index (χ1v) is 14.5. The molecule has 2 amide bonds. The Hall–Kier alpha value is -4.70. The van der Waals surface area contributed by atoms with E-state index < -0.39 is 72.0 Å². The van der Waals surface area contributed by atoms with Crippen LogP contribution >= 0.6 is 0 Å². The van der Waals surface area contributed by atoms with Gasteiger partial charge in [-0.3, -0.25) is 9.59 Å². The van der Waals surface area contributed by atoms with Crippen LogP contribution in [0.2, 0.25) is 0 Å². The highest BCUT2D eigenvalue weighted by atomic mass is 16.6. The standard InChI is InChI=1S/C35H30N4O5/c1-35-31(43-3)23(37(2)34(42)18-11-5-4-6-12-18)17-24(44-35)38-21-15-9-7-13-19(21)25-27-28(33(41)36-32(27)40)26-20-14-8-10-16-22(20)39(35)30(26)29(25)38/h4-16,23-24,31,33,41H,17H2,1-3H3,(H,36,40)/t23-,24-,31-,33-,35+/m1/s1/i4D,5D,6D,11D,12D. The predicted molar refractivity (Wildman–Crippen MR) is 166 cm³/mol. The Labute approximate surface area is 259 Å². The number of amides is 2. The zero-order valence-corrected chi connectivity index (χ0v) is 24.1. The number of carbonyl (C=O) groups excluding carboxylic acids is 2. The molecule has 0 spiro atoms. The molecular weight excluding hydrogens is 556 g/mol. The number of benzene rings is 4. The van der Waals surface area contributed by atoms with Crippen LogP contribution in [0.4, 0.5) is 0 Å². The van der Waals surface area contributed by atoms with Crippen molar-refractivity contribution in [3.63, 3.8) is 0 Å². The molecule has 3 aliphatic rings. The summed E-state index contributed by atoms with van der Waals surface area (Å²) in [6, 6.07) is 11.7. The number of rotatable bonds is 3. The van der Waals surface area contributed by atoms with Gasteiger partial charge in [0.1, 0.15) is 12.3 Å². The Morgan fingerprint density at radius 1 is 1.07 bits per heavy atom. The SMILES string of the molecule is [2H]c1c([2H])c([2H])c(C(=O)N(C)[C@@H]2C[C@H]3O[C@@](C)([C@@H]2OC)n2c4ccccc4c4c5c(c6c7ccccc7n3c6c42)C(=O)N[C@@H]5O)c([2H])c1[2H]. The van der Waals surface area contributed by atoms with Crippen molar-refractivity contribution < 1.29 is 31.0 Å². The molecule has 0 unspecified atom stereocenters. The average molecular weight is 592 g/mol. The van der Waals surface area contributed by atoms with Gasteiger partial charge in [-0.2, -0.15) is 0 Å². The molecule has 5 heterocycles. The van der Waals surface area contributed by atoms with Crippen LogP contribution in [-0.4, -0.2) is 57.3 Å². The minimum absolute atomic E-state index is 0.207. The summed E-state index contributed by atoms with van der Waals surface area (Å²) >= 11 is 0. The van der Waals surface area contributed by atoms with E-state index in [9.17, 15) is 14.7 Å². The van der Waals surface area contributed by atoms with E-state index in [4.69, 9.17) is 16.3 Å². The number of fused-ring (bicyclic) bond motifs is 13. The average Bonchev–Trinajstić information content (AvgIpc) is 3.70. The van der Waals surface area contributed by atoms with Gasteiger partial charge in [-0.1, -0.05) is 54.5 Å². The normalized spacial score (nSPS) is 27.2. The molecule has 2 N–H and O–H groups in total. The highest BCUT2D eigenvalue weighted by Gasteiger charge is 2.55. The maximum Gasteiger partial charge on any atom is 0.254 e. The number of aliphatic hydroxyl groups excluding tert-OH is 1. The molecule has 5 atom stereocenters. The van der Waals surface area contributed by atoms with Crippen LogP contribution in [-0.2, 0) is 15.2 Å². The lowest BCUT2D eigenvalue weighted by Crippen LogP contribution is -2.61. The molecule has 0 aliphatic carbocycles. The van der Waals surface area contributed by atoms with E-state index in [0.29, 0.717) is 21.9 Å². The molecule has 44 heavy (non-hydrogen) atoms. The van der Waals surface area contributed by atoms with Crippen molar-refractivity contribution in [1.82, 2.24) is 19.4 Å². The van der Waals surface area contributed by atoms with Gasteiger partial charge in [-0.05, 0) is 31.1 Å². The molecule has 0 saturated carbocycles. The lowest BCUT2D eigenvalue weighted by Gasteiger charge is -2.50. The van der Waals surface area contributed by atoms with Crippen molar-refractivity contribution in [2.24, 2.45) is 0 Å². The van der Waals surface area contributed by atoms with Gasteiger partial charge in [0.25, 0.3) is 11.8 Å². The fraction of sp³-hybridized carbons (Fsp3) is 0.257. The lowest BCUT2D eigenvalue weighted by atomic mass is 9.91. The molecule has 9 rings (SSSR count). The van der Waals surface area contributed by atoms with E-state index >= 15 is 0 Å². The van der Waals surface area contributed by atoms with Gasteiger partial charge in [0.05, 0.1) is 40.5 Å². The molecule has 220 valence electrons. The summed E-state index contributed by atoms with van der Waals surface area (Å²) in [7, 11) is 3.08. The number of hydrogen-bond acceptors (Lipinski definition) is 5. The second kappa shape index (κ2) is 8.69. The molecule has 9 heteroatoms. The number of aliphatic hydroxyl groups is 1. The summed E-state index contributed by atoms with van der Waals surface area (Å²) in [6.07, 6.45) is -2.56. The smallest absolute Gasteiger partial charge is 0.254 e. The molecule has 1 saturated heterocycles. The number of methoxy groups -OCH3 is 1. The Balaban J connectivity index is 1.38. The molecule has 6 aromatic rings. The molecule has 9 nitrogen and oxygen atoms in total. The van der Waals surface area contributed by atoms with Crippen LogP contribution in [0, 0.1) is 0 Å². The maximum absolute atomic E-state index is 14.3. The zero-order valence-electron chi connectivity index (χ0n) is 29.1. The van der Waals surface area contributed by atoms with Crippen molar-refractivity contribution in [2.45, 2.75) is 43.7 Å². The Morgan fingerprint density at radius 2 is 1.75 bits per heavy atom. The molecule has 4 aromatic carbocycles. The maximum atomic E-state index is 14.3. The lowest BCUT2D eigenvalue weighted by molar-refractivity contribution is -0.264. The predicted octanol–water partition coefficient (Wildman–Crippen LogP) is 5.40. The first-order valence-electron chi connectivity index (χ1n) is 17.0. The van der Waals surface area contributed by atoms with E-state index in [1.165, 1.54) is 12.0 Å². The summed E-state index contributed by atoms with van der Waals surface area (Å²) < 4.78 is 58.9. The van der Waals surface area contributed by atoms with Gasteiger partial charge < -0.3 is 33.9 Å². The van der Waals surface area contributed by atoms with E-state index in [2.05, 4.69) is 9.88 Å². The highest BCUT2D eigenvalue weighted by molar-refractivity contribution is 6.31. The molecule has 3 aliphatic heterocycles. The number of carbonyl (C=O) groups is 2. The van der Waals surface area contributed by atoms with Crippen molar-refractivity contribution in [2.75, 3.05) is 14.2 Å². The summed E-state index contributed by atoms with van der Waals surface area (Å²) in [4.78, 5) is 29.3. The topological polar surface area (TPSA) is 98.0 Å². The quantitative estimate of drug-likeness (QED) is 0.287. The fourth-order valence-corrected chi connectivity index (χ4v) is 8.12. The fourth-order valence-electron chi connectivity index (χ4n) is 8.12. The summed E-state index contributed by atoms with van der Waals surface area (Å²) in [5.74, 6) is -1.12. The van der Waals surface area contributed by atoms with Gasteiger partial charge in [0.2, 0.25) is 0 Å². The van der Waals surface area contributed by atoms with Crippen molar-refractivity contribution in [1.29, 1.82) is 0 Å². The molecular formula is C35H30N4O5. The van der Waals surface area contributed by atoms with Crippen LogP contribution in [0.25, 0.3) is 43.6 Å². The van der Waals surface area contributed by atoms with Gasteiger partial charge in [0, 0.05) is 53.3 Å². The third kappa shape index (κ3) is 2.99. The van der Waals surface area contributed by atoms with Crippen molar-refractivity contribution in [3.05, 3.63) is 95.4 Å². The largest absolute Gasteiger partial charge is 0.374 e. The Bertz CT molecular complexity index is 2480. The van der Waals surface area contributed by atoms with Crippen LogP contribution in [0.15, 0.2) is 78.7 Å².